The monoisotopic (exact) mass is 258 g/mol. The Balaban J connectivity index is 3.53. The maximum Gasteiger partial charge on any atom is 0.356 e. The molecule has 0 heterocycles. The highest BCUT2D eigenvalue weighted by Crippen LogP contribution is 2.03. The van der Waals surface area contributed by atoms with Gasteiger partial charge in [-0.05, 0) is 18.4 Å². The van der Waals surface area contributed by atoms with Crippen LogP contribution in [0.1, 0.15) is 32.1 Å². The molecule has 0 aromatic heterocycles. The lowest BCUT2D eigenvalue weighted by molar-refractivity contribution is -0.154. The van der Waals surface area contributed by atoms with E-state index in [4.69, 9.17) is 10.6 Å². The molecule has 18 heavy (non-hydrogen) atoms. The maximum atomic E-state index is 11.3. The fraction of sp³-hybridized carbons (Fsp3) is 0.800. The molecule has 0 spiro atoms. The van der Waals surface area contributed by atoms with Crippen LogP contribution in [0.4, 0.5) is 0 Å². The molecule has 0 bridgehead atoms. The highest BCUT2D eigenvalue weighted by molar-refractivity contribution is 5.83. The molecule has 2 N–H and O–H groups in total. The molecule has 8 heteroatoms. The number of aliphatic hydroxyl groups is 1. The Labute approximate surface area is 105 Å². The van der Waals surface area contributed by atoms with Gasteiger partial charge in [0.2, 0.25) is 12.1 Å². The van der Waals surface area contributed by atoms with Crippen molar-refractivity contribution in [3.05, 3.63) is 10.4 Å². The smallest absolute Gasteiger partial charge is 0.356 e. The van der Waals surface area contributed by atoms with Gasteiger partial charge in [-0.1, -0.05) is 18.0 Å². The molecule has 8 nitrogen and oxygen atoms in total. The van der Waals surface area contributed by atoms with Crippen LogP contribution in [0.2, 0.25) is 0 Å². The SMILES string of the molecule is COC(=O)C(O)NC(=O)CCCCCCN=[N+]=[N-]. The van der Waals surface area contributed by atoms with Gasteiger partial charge in [0.15, 0.2) is 0 Å². The molecular weight excluding hydrogens is 240 g/mol. The van der Waals surface area contributed by atoms with Gasteiger partial charge in [-0.3, -0.25) is 4.79 Å². The Hall–Kier alpha value is -1.79. The van der Waals surface area contributed by atoms with Crippen LogP contribution in [-0.2, 0) is 14.3 Å². The predicted octanol–water partition coefficient (Wildman–Crippen LogP) is 0.855. The molecule has 0 rings (SSSR count). The van der Waals surface area contributed by atoms with Gasteiger partial charge in [0.1, 0.15) is 0 Å². The number of azide groups is 1. The molecule has 1 unspecified atom stereocenters. The molecule has 1 amide bonds. The molecule has 1 atom stereocenters. The van der Waals surface area contributed by atoms with E-state index < -0.39 is 18.1 Å². The normalized spacial score (nSPS) is 11.2. The first-order valence-electron chi connectivity index (χ1n) is 5.68. The minimum atomic E-state index is -1.60. The molecule has 0 aliphatic rings. The van der Waals surface area contributed by atoms with Crippen LogP contribution >= 0.6 is 0 Å². The molecule has 0 aliphatic heterocycles. The van der Waals surface area contributed by atoms with Crippen LogP contribution in [-0.4, -0.2) is 36.9 Å². The van der Waals surface area contributed by atoms with Crippen molar-refractivity contribution >= 4 is 11.9 Å². The second kappa shape index (κ2) is 10.4. The summed E-state index contributed by atoms with van der Waals surface area (Å²) in [5, 5.41) is 14.6. The average Bonchev–Trinajstić information content (AvgIpc) is 2.36. The second-order valence-corrected chi connectivity index (χ2v) is 3.61. The Bertz CT molecular complexity index is 315. The third-order valence-corrected chi connectivity index (χ3v) is 2.20. The van der Waals surface area contributed by atoms with Crippen LogP contribution in [0.15, 0.2) is 5.11 Å². The number of methoxy groups -OCH3 is 1. The number of nitrogens with one attached hydrogen (secondary N) is 1. The largest absolute Gasteiger partial charge is 0.466 e. The van der Waals surface area contributed by atoms with E-state index in [0.717, 1.165) is 26.4 Å². The van der Waals surface area contributed by atoms with E-state index in [1.807, 2.05) is 0 Å². The third kappa shape index (κ3) is 8.37. The Morgan fingerprint density at radius 1 is 1.39 bits per heavy atom. The van der Waals surface area contributed by atoms with Crippen LogP contribution in [0.5, 0.6) is 0 Å². The Morgan fingerprint density at radius 2 is 2.06 bits per heavy atom. The van der Waals surface area contributed by atoms with Crippen molar-refractivity contribution in [2.24, 2.45) is 5.11 Å². The number of ether oxygens (including phenoxy) is 1. The van der Waals surface area contributed by atoms with Gasteiger partial charge in [0, 0.05) is 17.9 Å². The topological polar surface area (TPSA) is 124 Å². The summed E-state index contributed by atoms with van der Waals surface area (Å²) in [4.78, 5) is 24.7. The molecule has 0 aromatic carbocycles. The standard InChI is InChI=1S/C10H18N4O4/c1-18-10(17)9(16)13-8(15)6-4-2-3-5-7-12-14-11/h9,16H,2-7H2,1H3,(H,13,15). The van der Waals surface area contributed by atoms with Crippen LogP contribution in [0.25, 0.3) is 10.4 Å². The summed E-state index contributed by atoms with van der Waals surface area (Å²) in [5.74, 6) is -1.29. The quantitative estimate of drug-likeness (QED) is 0.159. The number of hydrogen-bond acceptors (Lipinski definition) is 5. The van der Waals surface area contributed by atoms with E-state index >= 15 is 0 Å². The van der Waals surface area contributed by atoms with E-state index in [2.05, 4.69) is 20.1 Å². The second-order valence-electron chi connectivity index (χ2n) is 3.61. The first kappa shape index (κ1) is 16.2. The zero-order valence-corrected chi connectivity index (χ0v) is 10.3. The van der Waals surface area contributed by atoms with Gasteiger partial charge < -0.3 is 15.2 Å². The number of unbranched alkanes of at least 4 members (excludes halogenated alkanes) is 3. The summed E-state index contributed by atoms with van der Waals surface area (Å²) in [6.45, 7) is 0.462. The Kier molecular flexibility index (Phi) is 9.34. The molecule has 0 fully saturated rings. The zero-order valence-electron chi connectivity index (χ0n) is 10.3. The van der Waals surface area contributed by atoms with Crippen molar-refractivity contribution in [3.8, 4) is 0 Å². The first-order valence-corrected chi connectivity index (χ1v) is 5.68. The van der Waals surface area contributed by atoms with Crippen molar-refractivity contribution in [3.63, 3.8) is 0 Å². The number of amides is 1. The summed E-state index contributed by atoms with van der Waals surface area (Å²) in [6.07, 6.45) is 1.75. The summed E-state index contributed by atoms with van der Waals surface area (Å²) in [7, 11) is 1.13. The van der Waals surface area contributed by atoms with Crippen LogP contribution < -0.4 is 5.32 Å². The summed E-state index contributed by atoms with van der Waals surface area (Å²) in [5.41, 5.74) is 8.03. The van der Waals surface area contributed by atoms with E-state index in [-0.39, 0.29) is 6.42 Å². The van der Waals surface area contributed by atoms with Crippen molar-refractivity contribution in [1.29, 1.82) is 0 Å². The molecular formula is C10H18N4O4. The predicted molar refractivity (Wildman–Crippen MR) is 63.3 cm³/mol. The molecule has 0 aromatic rings. The molecule has 102 valence electrons. The highest BCUT2D eigenvalue weighted by Gasteiger charge is 2.17. The number of esters is 1. The number of aliphatic hydroxyl groups excluding tert-OH is 1. The van der Waals surface area contributed by atoms with Gasteiger partial charge >= 0.3 is 5.97 Å². The number of nitrogens with zero attached hydrogens (tertiary/aromatic N) is 3. The fourth-order valence-corrected chi connectivity index (χ4v) is 1.26. The van der Waals surface area contributed by atoms with Crippen molar-refractivity contribution in [2.75, 3.05) is 13.7 Å². The average molecular weight is 258 g/mol. The number of hydrogen-bond donors (Lipinski definition) is 2. The van der Waals surface area contributed by atoms with Crippen LogP contribution in [0.3, 0.4) is 0 Å². The van der Waals surface area contributed by atoms with Crippen molar-refractivity contribution in [2.45, 2.75) is 38.3 Å². The fourth-order valence-electron chi connectivity index (χ4n) is 1.26. The molecule has 0 radical (unpaired) electrons. The van der Waals surface area contributed by atoms with E-state index in [1.165, 1.54) is 0 Å². The van der Waals surface area contributed by atoms with Crippen LogP contribution in [0, 0.1) is 0 Å². The van der Waals surface area contributed by atoms with Crippen molar-refractivity contribution < 1.29 is 19.4 Å². The summed E-state index contributed by atoms with van der Waals surface area (Å²) >= 11 is 0. The lowest BCUT2D eigenvalue weighted by Crippen LogP contribution is -2.41. The number of rotatable bonds is 9. The number of carbonyl (C=O) groups excluding carboxylic acids is 2. The van der Waals surface area contributed by atoms with Gasteiger partial charge in [-0.2, -0.15) is 0 Å². The molecule has 0 saturated heterocycles. The van der Waals surface area contributed by atoms with Crippen molar-refractivity contribution in [1.82, 2.24) is 5.32 Å². The minimum absolute atomic E-state index is 0.232. The zero-order chi connectivity index (χ0) is 13.8. The van der Waals surface area contributed by atoms with E-state index in [9.17, 15) is 9.59 Å². The lowest BCUT2D eigenvalue weighted by atomic mass is 10.1. The lowest BCUT2D eigenvalue weighted by Gasteiger charge is -2.10. The minimum Gasteiger partial charge on any atom is -0.466 e. The van der Waals surface area contributed by atoms with Gasteiger partial charge in [-0.25, -0.2) is 4.79 Å². The van der Waals surface area contributed by atoms with Gasteiger partial charge in [0.25, 0.3) is 0 Å². The van der Waals surface area contributed by atoms with E-state index in [1.54, 1.807) is 0 Å². The maximum absolute atomic E-state index is 11.3. The Morgan fingerprint density at radius 3 is 2.67 bits per heavy atom. The highest BCUT2D eigenvalue weighted by atomic mass is 16.5. The summed E-state index contributed by atoms with van der Waals surface area (Å²) in [6, 6.07) is 0. The molecule has 0 aliphatic carbocycles. The molecule has 0 saturated carbocycles. The third-order valence-electron chi connectivity index (χ3n) is 2.20. The van der Waals surface area contributed by atoms with Gasteiger partial charge in [-0.15, -0.1) is 0 Å². The summed E-state index contributed by atoms with van der Waals surface area (Å²) < 4.78 is 4.25. The first-order chi connectivity index (χ1) is 8.61. The number of carbonyl (C=O) groups is 2. The van der Waals surface area contributed by atoms with E-state index in [0.29, 0.717) is 13.0 Å². The van der Waals surface area contributed by atoms with Gasteiger partial charge in [0.05, 0.1) is 7.11 Å².